The van der Waals surface area contributed by atoms with Gasteiger partial charge in [0.2, 0.25) is 5.78 Å². The largest absolute Gasteiger partial charge is 0.478 e. The van der Waals surface area contributed by atoms with Crippen LogP contribution >= 0.6 is 11.6 Å². The molecule has 0 unspecified atom stereocenters. The van der Waals surface area contributed by atoms with Gasteiger partial charge in [-0.2, -0.15) is 13.2 Å². The average molecular weight is 541 g/mol. The number of pyridine rings is 1. The van der Waals surface area contributed by atoms with Crippen LogP contribution < -0.4 is 0 Å². The van der Waals surface area contributed by atoms with E-state index in [1.165, 1.54) is 34.9 Å². The molecule has 4 aromatic rings. The Hall–Kier alpha value is -4.11. The van der Waals surface area contributed by atoms with Gasteiger partial charge >= 0.3 is 12.1 Å². The van der Waals surface area contributed by atoms with Crippen molar-refractivity contribution in [1.82, 2.24) is 9.30 Å². The van der Waals surface area contributed by atoms with Gasteiger partial charge in [-0.3, -0.25) is 9.59 Å². The number of carbonyl (C=O) groups excluding carboxylic acids is 2. The van der Waals surface area contributed by atoms with Gasteiger partial charge in [0.05, 0.1) is 38.5 Å². The lowest BCUT2D eigenvalue weighted by Crippen LogP contribution is -2.27. The summed E-state index contributed by atoms with van der Waals surface area (Å²) in [6.07, 6.45) is -1.62. The Balaban J connectivity index is 1.71. The van der Waals surface area contributed by atoms with Gasteiger partial charge in [-0.25, -0.2) is 4.79 Å². The highest BCUT2D eigenvalue weighted by Gasteiger charge is 2.37. The fourth-order valence-corrected chi connectivity index (χ4v) is 5.01. The van der Waals surface area contributed by atoms with E-state index in [4.69, 9.17) is 11.6 Å². The van der Waals surface area contributed by atoms with Crippen LogP contribution in [0, 0.1) is 0 Å². The number of carbonyl (C=O) groups is 3. The van der Waals surface area contributed by atoms with E-state index in [0.717, 1.165) is 25.0 Å². The van der Waals surface area contributed by atoms with Gasteiger partial charge in [0.15, 0.2) is 0 Å². The normalized spacial score (nSPS) is 13.7. The van der Waals surface area contributed by atoms with Crippen LogP contribution in [0.1, 0.15) is 55.2 Å². The third-order valence-corrected chi connectivity index (χ3v) is 6.94. The van der Waals surface area contributed by atoms with Gasteiger partial charge < -0.3 is 14.4 Å². The first kappa shape index (κ1) is 25.5. The number of benzene rings is 2. The Kier molecular flexibility index (Phi) is 6.48. The molecule has 0 aliphatic carbocycles. The van der Waals surface area contributed by atoms with Crippen LogP contribution in [0.4, 0.5) is 13.2 Å². The SMILES string of the molecule is O=C(O)c1ccc(-c2cc(C(=O)c3c(Cl)cccc3C(F)(F)F)n3cc(C(=O)N4CCCC4)ccc23)cc1. The molecule has 0 radical (unpaired) electrons. The summed E-state index contributed by atoms with van der Waals surface area (Å²) in [5.41, 5.74) is -0.162. The fraction of sp³-hybridized carbons (Fsp3) is 0.179. The van der Waals surface area contributed by atoms with Crippen molar-refractivity contribution in [1.29, 1.82) is 0 Å². The third kappa shape index (κ3) is 4.54. The standard InChI is InChI=1S/C28H20ClF3N2O4/c29-21-5-3-4-20(28(30,31)32)24(21)25(35)23-14-19(16-6-8-17(9-7-16)27(37)38)22-11-10-18(15-34(22)23)26(36)33-12-1-2-13-33/h3-11,14-15H,1-2,12-13H2,(H,37,38). The zero-order valence-corrected chi connectivity index (χ0v) is 20.5. The Labute approximate surface area is 219 Å². The molecular weight excluding hydrogens is 521 g/mol. The van der Waals surface area contributed by atoms with Gasteiger partial charge in [-0.15, -0.1) is 0 Å². The second-order valence-electron chi connectivity index (χ2n) is 8.99. The summed E-state index contributed by atoms with van der Waals surface area (Å²) in [6, 6.07) is 13.7. The number of hydrogen-bond donors (Lipinski definition) is 1. The lowest BCUT2D eigenvalue weighted by atomic mass is 10.00. The molecule has 2 aromatic heterocycles. The number of amides is 1. The minimum Gasteiger partial charge on any atom is -0.478 e. The lowest BCUT2D eigenvalue weighted by Gasteiger charge is -2.16. The highest BCUT2D eigenvalue weighted by Crippen LogP contribution is 2.38. The monoisotopic (exact) mass is 540 g/mol. The second-order valence-corrected chi connectivity index (χ2v) is 9.39. The number of ketones is 1. The number of nitrogens with zero attached hydrogens (tertiary/aromatic N) is 2. The molecule has 2 aromatic carbocycles. The van der Waals surface area contributed by atoms with E-state index in [-0.39, 0.29) is 27.8 Å². The Bertz CT molecular complexity index is 1590. The van der Waals surface area contributed by atoms with Crippen molar-refractivity contribution in [3.63, 3.8) is 0 Å². The van der Waals surface area contributed by atoms with E-state index < -0.39 is 29.1 Å². The van der Waals surface area contributed by atoms with E-state index in [1.807, 2.05) is 0 Å². The number of carboxylic acids is 1. The summed E-state index contributed by atoms with van der Waals surface area (Å²) in [5, 5.41) is 8.87. The average Bonchev–Trinajstić information content (AvgIpc) is 3.55. The smallest absolute Gasteiger partial charge is 0.417 e. The maximum atomic E-state index is 13.8. The Morgan fingerprint density at radius 2 is 1.55 bits per heavy atom. The summed E-state index contributed by atoms with van der Waals surface area (Å²) in [5.74, 6) is -2.31. The van der Waals surface area contributed by atoms with Crippen LogP contribution in [0.15, 0.2) is 66.9 Å². The highest BCUT2D eigenvalue weighted by atomic mass is 35.5. The second kappa shape index (κ2) is 9.64. The Morgan fingerprint density at radius 3 is 2.18 bits per heavy atom. The number of rotatable bonds is 5. The molecule has 1 amide bonds. The number of likely N-dealkylation sites (tertiary alicyclic amines) is 1. The van der Waals surface area contributed by atoms with Crippen molar-refractivity contribution in [3.8, 4) is 11.1 Å². The van der Waals surface area contributed by atoms with Crippen LogP contribution in [-0.4, -0.2) is 45.2 Å². The number of hydrogen-bond acceptors (Lipinski definition) is 3. The molecule has 6 nitrogen and oxygen atoms in total. The lowest BCUT2D eigenvalue weighted by molar-refractivity contribution is -0.137. The maximum absolute atomic E-state index is 13.8. The minimum absolute atomic E-state index is 0.0537. The van der Waals surface area contributed by atoms with E-state index in [9.17, 15) is 32.7 Å². The number of alkyl halides is 3. The summed E-state index contributed by atoms with van der Waals surface area (Å²) >= 11 is 6.12. The summed E-state index contributed by atoms with van der Waals surface area (Å²) < 4.78 is 42.9. The third-order valence-electron chi connectivity index (χ3n) is 6.63. The maximum Gasteiger partial charge on any atom is 0.417 e. The molecular formula is C28H20ClF3N2O4. The number of fused-ring (bicyclic) bond motifs is 1. The molecule has 1 N–H and O–H groups in total. The van der Waals surface area contributed by atoms with Crippen LogP contribution in [0.2, 0.25) is 5.02 Å². The molecule has 0 saturated carbocycles. The topological polar surface area (TPSA) is 79.1 Å². The predicted octanol–water partition coefficient (Wildman–Crippen LogP) is 6.44. The molecule has 1 saturated heterocycles. The zero-order valence-electron chi connectivity index (χ0n) is 19.8. The van der Waals surface area contributed by atoms with Crippen molar-refractivity contribution in [3.05, 3.63) is 99.8 Å². The van der Waals surface area contributed by atoms with Gasteiger partial charge in [-0.1, -0.05) is 29.8 Å². The number of aromatic nitrogens is 1. The van der Waals surface area contributed by atoms with E-state index >= 15 is 0 Å². The fourth-order valence-electron chi connectivity index (χ4n) is 4.75. The number of carboxylic acid groups (broad SMARTS) is 1. The molecule has 0 bridgehead atoms. The predicted molar refractivity (Wildman–Crippen MR) is 135 cm³/mol. The zero-order chi connectivity index (χ0) is 27.2. The first-order chi connectivity index (χ1) is 18.1. The molecule has 3 heterocycles. The van der Waals surface area contributed by atoms with E-state index in [0.29, 0.717) is 29.7 Å². The van der Waals surface area contributed by atoms with Crippen LogP contribution in [0.25, 0.3) is 16.6 Å². The molecule has 5 rings (SSSR count). The van der Waals surface area contributed by atoms with E-state index in [2.05, 4.69) is 0 Å². The van der Waals surface area contributed by atoms with Gasteiger partial charge in [0, 0.05) is 24.8 Å². The minimum atomic E-state index is -4.82. The summed E-state index contributed by atoms with van der Waals surface area (Å²) in [6.45, 7) is 1.20. The van der Waals surface area contributed by atoms with Crippen molar-refractivity contribution in [2.75, 3.05) is 13.1 Å². The molecule has 0 spiro atoms. The number of halogens is 4. The van der Waals surface area contributed by atoms with Crippen molar-refractivity contribution < 1.29 is 32.7 Å². The molecule has 1 aliphatic rings. The van der Waals surface area contributed by atoms with Crippen LogP contribution in [-0.2, 0) is 6.18 Å². The summed E-state index contributed by atoms with van der Waals surface area (Å²) in [7, 11) is 0. The van der Waals surface area contributed by atoms with Gasteiger partial charge in [0.25, 0.3) is 5.91 Å². The van der Waals surface area contributed by atoms with Crippen LogP contribution in [0.3, 0.4) is 0 Å². The van der Waals surface area contributed by atoms with E-state index in [1.54, 1.807) is 29.2 Å². The molecule has 194 valence electrons. The van der Waals surface area contributed by atoms with Crippen LogP contribution in [0.5, 0.6) is 0 Å². The molecule has 10 heteroatoms. The Morgan fingerprint density at radius 1 is 0.895 bits per heavy atom. The van der Waals surface area contributed by atoms with Gasteiger partial charge in [-0.05, 0) is 60.9 Å². The summed E-state index contributed by atoms with van der Waals surface area (Å²) in [4.78, 5) is 39.7. The quantitative estimate of drug-likeness (QED) is 0.295. The molecule has 1 aliphatic heterocycles. The first-order valence-electron chi connectivity index (χ1n) is 11.7. The molecule has 38 heavy (non-hydrogen) atoms. The number of aromatic carboxylic acids is 1. The molecule has 1 fully saturated rings. The van der Waals surface area contributed by atoms with Crippen molar-refractivity contribution in [2.45, 2.75) is 19.0 Å². The van der Waals surface area contributed by atoms with Crippen molar-refractivity contribution in [2.24, 2.45) is 0 Å². The van der Waals surface area contributed by atoms with Crippen molar-refractivity contribution >= 4 is 34.8 Å². The first-order valence-corrected chi connectivity index (χ1v) is 12.1. The highest BCUT2D eigenvalue weighted by molar-refractivity contribution is 6.35. The van der Waals surface area contributed by atoms with Gasteiger partial charge in [0.1, 0.15) is 0 Å². The molecule has 0 atom stereocenters.